The molecule has 0 aromatic heterocycles. The zero-order chi connectivity index (χ0) is 26.4. The Hall–Kier alpha value is -3.63. The SMILES string of the molecule is COc1cccc(OC)c1-c1ccc(C[C@H](NC(=O)C2(C(=O)N3CCOCC3)CCCO2)C(=O)O)cc1. The van der Waals surface area contributed by atoms with Crippen molar-refractivity contribution in [2.75, 3.05) is 47.1 Å². The number of hydrogen-bond donors (Lipinski definition) is 2. The van der Waals surface area contributed by atoms with E-state index in [9.17, 15) is 19.5 Å². The third-order valence-electron chi connectivity index (χ3n) is 6.75. The zero-order valence-electron chi connectivity index (χ0n) is 21.0. The van der Waals surface area contributed by atoms with Crippen molar-refractivity contribution in [1.29, 1.82) is 0 Å². The number of rotatable bonds is 9. The molecule has 2 aromatic carbocycles. The number of methoxy groups -OCH3 is 2. The van der Waals surface area contributed by atoms with Crippen molar-refractivity contribution in [2.24, 2.45) is 0 Å². The van der Waals surface area contributed by atoms with Gasteiger partial charge in [-0.1, -0.05) is 30.3 Å². The maximum atomic E-state index is 13.3. The van der Waals surface area contributed by atoms with Crippen LogP contribution in [0, 0.1) is 0 Å². The van der Waals surface area contributed by atoms with Crippen molar-refractivity contribution in [3.8, 4) is 22.6 Å². The molecule has 37 heavy (non-hydrogen) atoms. The number of carboxylic acid groups (broad SMARTS) is 1. The van der Waals surface area contributed by atoms with Gasteiger partial charge in [-0.2, -0.15) is 0 Å². The summed E-state index contributed by atoms with van der Waals surface area (Å²) in [6.07, 6.45) is 0.776. The summed E-state index contributed by atoms with van der Waals surface area (Å²) in [6, 6.07) is 11.5. The maximum absolute atomic E-state index is 13.3. The molecular formula is C27H32N2O8. The van der Waals surface area contributed by atoms with Crippen LogP contribution < -0.4 is 14.8 Å². The number of ether oxygens (including phenoxy) is 4. The molecule has 2 atom stereocenters. The van der Waals surface area contributed by atoms with Crippen LogP contribution in [0.15, 0.2) is 42.5 Å². The summed E-state index contributed by atoms with van der Waals surface area (Å²) in [4.78, 5) is 40.2. The van der Waals surface area contributed by atoms with E-state index in [0.717, 1.165) is 11.1 Å². The van der Waals surface area contributed by atoms with E-state index in [1.165, 1.54) is 0 Å². The van der Waals surface area contributed by atoms with Crippen LogP contribution in [0.25, 0.3) is 11.1 Å². The summed E-state index contributed by atoms with van der Waals surface area (Å²) >= 11 is 0. The lowest BCUT2D eigenvalue weighted by Gasteiger charge is -2.35. The van der Waals surface area contributed by atoms with Crippen molar-refractivity contribution in [1.82, 2.24) is 10.2 Å². The van der Waals surface area contributed by atoms with Gasteiger partial charge in [0, 0.05) is 26.1 Å². The lowest BCUT2D eigenvalue weighted by atomic mass is 9.95. The third-order valence-corrected chi connectivity index (χ3v) is 6.75. The number of carbonyl (C=O) groups is 3. The van der Waals surface area contributed by atoms with Crippen LogP contribution in [-0.4, -0.2) is 86.6 Å². The minimum Gasteiger partial charge on any atom is -0.496 e. The summed E-state index contributed by atoms with van der Waals surface area (Å²) < 4.78 is 22.0. The Morgan fingerprint density at radius 2 is 1.68 bits per heavy atom. The minimum absolute atomic E-state index is 0.0340. The fourth-order valence-electron chi connectivity index (χ4n) is 4.76. The second-order valence-corrected chi connectivity index (χ2v) is 8.99. The maximum Gasteiger partial charge on any atom is 0.326 e. The van der Waals surface area contributed by atoms with E-state index in [-0.39, 0.29) is 19.4 Å². The average Bonchev–Trinajstić information content (AvgIpc) is 3.44. The molecule has 2 fully saturated rings. The van der Waals surface area contributed by atoms with E-state index in [2.05, 4.69) is 5.32 Å². The Kier molecular flexibility index (Phi) is 8.30. The molecule has 198 valence electrons. The number of aliphatic carboxylic acids is 1. The normalized spacial score (nSPS) is 20.2. The topological polar surface area (TPSA) is 124 Å². The van der Waals surface area contributed by atoms with Crippen molar-refractivity contribution < 1.29 is 38.4 Å². The minimum atomic E-state index is -1.71. The first-order chi connectivity index (χ1) is 17.9. The van der Waals surface area contributed by atoms with E-state index >= 15 is 0 Å². The van der Waals surface area contributed by atoms with Gasteiger partial charge in [-0.15, -0.1) is 0 Å². The zero-order valence-corrected chi connectivity index (χ0v) is 21.0. The van der Waals surface area contributed by atoms with Crippen molar-refractivity contribution >= 4 is 17.8 Å². The molecule has 0 bridgehead atoms. The van der Waals surface area contributed by atoms with Crippen LogP contribution in [0.3, 0.4) is 0 Å². The molecule has 0 spiro atoms. The van der Waals surface area contributed by atoms with Gasteiger partial charge < -0.3 is 34.3 Å². The monoisotopic (exact) mass is 512 g/mol. The van der Waals surface area contributed by atoms with Crippen LogP contribution in [0.1, 0.15) is 18.4 Å². The standard InChI is InChI=1S/C27H32N2O8/c1-34-21-5-3-6-22(35-2)23(21)19-9-7-18(8-10-19)17-20(24(30)31)28-25(32)27(11-4-14-37-27)26(33)29-12-15-36-16-13-29/h3,5-10,20H,4,11-17H2,1-2H3,(H,28,32)(H,30,31)/t20-,27?/m0/s1. The molecule has 10 heteroatoms. The summed E-state index contributed by atoms with van der Waals surface area (Å²) in [5.74, 6) is -1.06. The van der Waals surface area contributed by atoms with E-state index in [4.69, 9.17) is 18.9 Å². The first-order valence-electron chi connectivity index (χ1n) is 12.2. The molecule has 2 heterocycles. The Morgan fingerprint density at radius 1 is 1.03 bits per heavy atom. The molecule has 2 N–H and O–H groups in total. The largest absolute Gasteiger partial charge is 0.496 e. The highest BCUT2D eigenvalue weighted by Gasteiger charge is 2.52. The van der Waals surface area contributed by atoms with Crippen molar-refractivity contribution in [2.45, 2.75) is 30.9 Å². The second-order valence-electron chi connectivity index (χ2n) is 8.99. The van der Waals surface area contributed by atoms with E-state index in [1.807, 2.05) is 30.3 Å². The molecule has 2 aliphatic heterocycles. The van der Waals surface area contributed by atoms with Crippen LogP contribution in [0.4, 0.5) is 0 Å². The fraction of sp³-hybridized carbons (Fsp3) is 0.444. The van der Waals surface area contributed by atoms with Crippen molar-refractivity contribution in [3.05, 3.63) is 48.0 Å². The van der Waals surface area contributed by atoms with Gasteiger partial charge in [0.25, 0.3) is 11.8 Å². The predicted octanol–water partition coefficient (Wildman–Crippen LogP) is 1.89. The number of benzene rings is 2. The molecule has 0 radical (unpaired) electrons. The fourth-order valence-corrected chi connectivity index (χ4v) is 4.76. The highest BCUT2D eigenvalue weighted by molar-refractivity contribution is 6.09. The van der Waals surface area contributed by atoms with E-state index in [1.54, 1.807) is 31.3 Å². The predicted molar refractivity (Wildman–Crippen MR) is 134 cm³/mol. The van der Waals surface area contributed by atoms with Gasteiger partial charge >= 0.3 is 5.97 Å². The number of carboxylic acids is 1. The number of nitrogens with zero attached hydrogens (tertiary/aromatic N) is 1. The summed E-state index contributed by atoms with van der Waals surface area (Å²) in [6.45, 7) is 1.76. The molecule has 10 nitrogen and oxygen atoms in total. The summed E-state index contributed by atoms with van der Waals surface area (Å²) in [5, 5.41) is 12.4. The van der Waals surface area contributed by atoms with E-state index in [0.29, 0.717) is 49.8 Å². The molecular weight excluding hydrogens is 480 g/mol. The average molecular weight is 513 g/mol. The Labute approximate surface area is 215 Å². The molecule has 0 saturated carbocycles. The Balaban J connectivity index is 1.51. The van der Waals surface area contributed by atoms with Gasteiger partial charge in [-0.25, -0.2) is 4.79 Å². The number of carbonyl (C=O) groups excluding carboxylic acids is 2. The quantitative estimate of drug-likeness (QED) is 0.489. The second kappa shape index (κ2) is 11.6. The first kappa shape index (κ1) is 26.4. The van der Waals surface area contributed by atoms with Crippen molar-refractivity contribution in [3.63, 3.8) is 0 Å². The molecule has 0 aliphatic carbocycles. The summed E-state index contributed by atoms with van der Waals surface area (Å²) in [7, 11) is 3.16. The molecule has 2 saturated heterocycles. The summed E-state index contributed by atoms with van der Waals surface area (Å²) in [5.41, 5.74) is 0.605. The molecule has 4 rings (SSSR count). The number of nitrogens with one attached hydrogen (secondary N) is 1. The van der Waals surface area contributed by atoms with Gasteiger partial charge in [0.15, 0.2) is 0 Å². The van der Waals surface area contributed by atoms with Crippen LogP contribution >= 0.6 is 0 Å². The number of hydrogen-bond acceptors (Lipinski definition) is 7. The first-order valence-corrected chi connectivity index (χ1v) is 12.2. The smallest absolute Gasteiger partial charge is 0.326 e. The van der Waals surface area contributed by atoms with Crippen LogP contribution in [0.2, 0.25) is 0 Å². The number of amides is 2. The lowest BCUT2D eigenvalue weighted by Crippen LogP contribution is -2.61. The molecule has 2 aromatic rings. The van der Waals surface area contributed by atoms with Crippen LogP contribution in [-0.2, 0) is 30.3 Å². The van der Waals surface area contributed by atoms with Gasteiger partial charge in [0.2, 0.25) is 5.60 Å². The van der Waals surface area contributed by atoms with E-state index < -0.39 is 29.4 Å². The van der Waals surface area contributed by atoms with Crippen LogP contribution in [0.5, 0.6) is 11.5 Å². The highest BCUT2D eigenvalue weighted by atomic mass is 16.5. The molecule has 2 amide bonds. The van der Waals surface area contributed by atoms with Gasteiger partial charge in [0.1, 0.15) is 17.5 Å². The highest BCUT2D eigenvalue weighted by Crippen LogP contribution is 2.38. The number of morpholine rings is 1. The Bertz CT molecular complexity index is 1100. The molecule has 2 aliphatic rings. The van der Waals surface area contributed by atoms with Gasteiger partial charge in [-0.3, -0.25) is 9.59 Å². The Morgan fingerprint density at radius 3 is 2.22 bits per heavy atom. The van der Waals surface area contributed by atoms with Gasteiger partial charge in [-0.05, 0) is 36.1 Å². The third kappa shape index (κ3) is 5.55. The lowest BCUT2D eigenvalue weighted by molar-refractivity contribution is -0.166. The van der Waals surface area contributed by atoms with Gasteiger partial charge in [0.05, 0.1) is 33.0 Å². The molecule has 1 unspecified atom stereocenters.